The molecule has 1 saturated heterocycles. The molecular formula is C21H24N2O4. The number of rotatable bonds is 7. The molecule has 0 radical (unpaired) electrons. The number of nitrogens with zero attached hydrogens (tertiary/aromatic N) is 1. The van der Waals surface area contributed by atoms with E-state index in [9.17, 15) is 9.59 Å². The van der Waals surface area contributed by atoms with Gasteiger partial charge in [-0.15, -0.1) is 0 Å². The van der Waals surface area contributed by atoms with Crippen molar-refractivity contribution in [3.63, 3.8) is 0 Å². The minimum Gasteiger partial charge on any atom is -0.491 e. The van der Waals surface area contributed by atoms with E-state index in [4.69, 9.17) is 9.57 Å². The molecule has 1 N–H and O–H groups in total. The molecule has 0 atom stereocenters. The average Bonchev–Trinajstić information content (AvgIpc) is 2.74. The number of benzene rings is 2. The lowest BCUT2D eigenvalue weighted by Gasteiger charge is -2.31. The minimum atomic E-state index is -0.139. The molecule has 27 heavy (non-hydrogen) atoms. The Labute approximate surface area is 159 Å². The van der Waals surface area contributed by atoms with Gasteiger partial charge in [-0.05, 0) is 37.1 Å². The summed E-state index contributed by atoms with van der Waals surface area (Å²) in [6, 6.07) is 18.7. The second-order valence-electron chi connectivity index (χ2n) is 6.41. The maximum Gasteiger partial charge on any atom is 0.253 e. The zero-order valence-electron chi connectivity index (χ0n) is 15.2. The van der Waals surface area contributed by atoms with E-state index >= 15 is 0 Å². The molecule has 0 saturated carbocycles. The molecule has 0 aliphatic carbocycles. The van der Waals surface area contributed by atoms with Gasteiger partial charge >= 0.3 is 0 Å². The summed E-state index contributed by atoms with van der Waals surface area (Å²) in [4.78, 5) is 31.6. The zero-order valence-corrected chi connectivity index (χ0v) is 15.2. The van der Waals surface area contributed by atoms with Crippen LogP contribution in [0.1, 0.15) is 23.2 Å². The van der Waals surface area contributed by atoms with E-state index in [0.717, 1.165) is 5.75 Å². The topological polar surface area (TPSA) is 67.9 Å². The van der Waals surface area contributed by atoms with Gasteiger partial charge in [0.2, 0.25) is 5.91 Å². The van der Waals surface area contributed by atoms with Gasteiger partial charge in [0, 0.05) is 24.6 Å². The predicted octanol–water partition coefficient (Wildman–Crippen LogP) is 2.67. The van der Waals surface area contributed by atoms with Gasteiger partial charge in [0.1, 0.15) is 19.0 Å². The summed E-state index contributed by atoms with van der Waals surface area (Å²) in [6.07, 6.45) is 1.27. The lowest BCUT2D eigenvalue weighted by atomic mass is 9.96. The SMILES string of the molecule is O=C(NOCCOc1ccccc1)C1CCN(C(=O)c2ccccc2)CC1. The summed E-state index contributed by atoms with van der Waals surface area (Å²) in [5.41, 5.74) is 3.17. The molecule has 6 nitrogen and oxygen atoms in total. The van der Waals surface area contributed by atoms with Crippen molar-refractivity contribution in [3.8, 4) is 5.75 Å². The maximum absolute atomic E-state index is 12.4. The van der Waals surface area contributed by atoms with Crippen molar-refractivity contribution in [1.29, 1.82) is 0 Å². The van der Waals surface area contributed by atoms with Crippen LogP contribution < -0.4 is 10.2 Å². The van der Waals surface area contributed by atoms with Crippen LogP contribution in [0.15, 0.2) is 60.7 Å². The van der Waals surface area contributed by atoms with Crippen LogP contribution >= 0.6 is 0 Å². The molecule has 0 aromatic heterocycles. The fourth-order valence-electron chi connectivity index (χ4n) is 3.03. The van der Waals surface area contributed by atoms with Gasteiger partial charge in [0.25, 0.3) is 5.91 Å². The number of hydrogen-bond acceptors (Lipinski definition) is 4. The number of piperidine rings is 1. The molecule has 0 bridgehead atoms. The fraction of sp³-hybridized carbons (Fsp3) is 0.333. The van der Waals surface area contributed by atoms with Crippen molar-refractivity contribution in [1.82, 2.24) is 10.4 Å². The highest BCUT2D eigenvalue weighted by Gasteiger charge is 2.27. The Morgan fingerprint density at radius 3 is 2.22 bits per heavy atom. The normalized spacial score (nSPS) is 14.6. The van der Waals surface area contributed by atoms with Gasteiger partial charge in [-0.1, -0.05) is 36.4 Å². The number of carbonyl (C=O) groups excluding carboxylic acids is 2. The number of nitrogens with one attached hydrogen (secondary N) is 1. The zero-order chi connectivity index (χ0) is 18.9. The summed E-state index contributed by atoms with van der Waals surface area (Å²) in [5.74, 6) is 0.507. The molecule has 2 aromatic rings. The first-order valence-electron chi connectivity index (χ1n) is 9.18. The third-order valence-electron chi connectivity index (χ3n) is 4.54. The Kier molecular flexibility index (Phi) is 6.82. The van der Waals surface area contributed by atoms with Crippen molar-refractivity contribution in [3.05, 3.63) is 66.2 Å². The van der Waals surface area contributed by atoms with Gasteiger partial charge in [-0.3, -0.25) is 14.4 Å². The molecule has 2 aromatic carbocycles. The summed E-state index contributed by atoms with van der Waals surface area (Å²) in [5, 5.41) is 0. The molecule has 142 valence electrons. The predicted molar refractivity (Wildman–Crippen MR) is 101 cm³/mol. The summed E-state index contributed by atoms with van der Waals surface area (Å²) in [7, 11) is 0. The number of hydrogen-bond donors (Lipinski definition) is 1. The first-order valence-corrected chi connectivity index (χ1v) is 9.18. The first-order chi connectivity index (χ1) is 13.2. The van der Waals surface area contributed by atoms with Crippen LogP contribution in [0, 0.1) is 5.92 Å². The van der Waals surface area contributed by atoms with Gasteiger partial charge in [-0.25, -0.2) is 5.48 Å². The van der Waals surface area contributed by atoms with Gasteiger partial charge < -0.3 is 9.64 Å². The van der Waals surface area contributed by atoms with Crippen LogP contribution in [0.5, 0.6) is 5.75 Å². The third kappa shape index (κ3) is 5.56. The van der Waals surface area contributed by atoms with E-state index < -0.39 is 0 Å². The minimum absolute atomic E-state index is 0.0174. The van der Waals surface area contributed by atoms with E-state index in [1.54, 1.807) is 4.90 Å². The highest BCUT2D eigenvalue weighted by molar-refractivity contribution is 5.94. The molecule has 0 spiro atoms. The standard InChI is InChI=1S/C21H24N2O4/c24-20(22-27-16-15-26-19-9-5-2-6-10-19)17-11-13-23(14-12-17)21(25)18-7-3-1-4-8-18/h1-10,17H,11-16H2,(H,22,24). The Balaban J connectivity index is 1.33. The lowest BCUT2D eigenvalue weighted by molar-refractivity contribution is -0.139. The largest absolute Gasteiger partial charge is 0.491 e. The van der Waals surface area contributed by atoms with Crippen molar-refractivity contribution >= 4 is 11.8 Å². The number of ether oxygens (including phenoxy) is 1. The van der Waals surface area contributed by atoms with E-state index in [-0.39, 0.29) is 24.3 Å². The monoisotopic (exact) mass is 368 g/mol. The van der Waals surface area contributed by atoms with Crippen molar-refractivity contribution in [2.45, 2.75) is 12.8 Å². The van der Waals surface area contributed by atoms with Crippen LogP contribution in [0.2, 0.25) is 0 Å². The quantitative estimate of drug-likeness (QED) is 0.603. The van der Waals surface area contributed by atoms with Crippen LogP contribution in [-0.4, -0.2) is 43.0 Å². The number of para-hydroxylation sites is 1. The number of carbonyl (C=O) groups is 2. The Bertz CT molecular complexity index is 728. The molecule has 0 unspecified atom stereocenters. The Morgan fingerprint density at radius 1 is 0.926 bits per heavy atom. The van der Waals surface area contributed by atoms with Gasteiger partial charge in [0.15, 0.2) is 0 Å². The van der Waals surface area contributed by atoms with Gasteiger partial charge in [0.05, 0.1) is 0 Å². The van der Waals surface area contributed by atoms with Crippen molar-refractivity contribution < 1.29 is 19.2 Å². The highest BCUT2D eigenvalue weighted by atomic mass is 16.7. The summed E-state index contributed by atoms with van der Waals surface area (Å²) in [6.45, 7) is 1.77. The molecule has 3 rings (SSSR count). The van der Waals surface area contributed by atoms with E-state index in [1.807, 2.05) is 60.7 Å². The smallest absolute Gasteiger partial charge is 0.253 e. The Hall–Kier alpha value is -2.86. The van der Waals surface area contributed by atoms with Gasteiger partial charge in [-0.2, -0.15) is 0 Å². The van der Waals surface area contributed by atoms with Crippen LogP contribution in [0.3, 0.4) is 0 Å². The van der Waals surface area contributed by atoms with E-state index in [0.29, 0.717) is 38.1 Å². The number of hydroxylamine groups is 1. The van der Waals surface area contributed by atoms with Crippen molar-refractivity contribution in [2.24, 2.45) is 5.92 Å². The molecule has 1 aliphatic rings. The molecule has 2 amide bonds. The maximum atomic E-state index is 12.4. The van der Waals surface area contributed by atoms with E-state index in [2.05, 4.69) is 5.48 Å². The molecule has 6 heteroatoms. The average molecular weight is 368 g/mol. The summed E-state index contributed by atoms with van der Waals surface area (Å²) < 4.78 is 5.50. The highest BCUT2D eigenvalue weighted by Crippen LogP contribution is 2.19. The Morgan fingerprint density at radius 2 is 1.56 bits per heavy atom. The van der Waals surface area contributed by atoms with Crippen LogP contribution in [-0.2, 0) is 9.63 Å². The number of amides is 2. The number of likely N-dealkylation sites (tertiary alicyclic amines) is 1. The fourth-order valence-corrected chi connectivity index (χ4v) is 3.03. The van der Waals surface area contributed by atoms with Crippen LogP contribution in [0.4, 0.5) is 0 Å². The second-order valence-corrected chi connectivity index (χ2v) is 6.41. The lowest BCUT2D eigenvalue weighted by Crippen LogP contribution is -2.43. The summed E-state index contributed by atoms with van der Waals surface area (Å²) >= 11 is 0. The van der Waals surface area contributed by atoms with Crippen LogP contribution in [0.25, 0.3) is 0 Å². The molecular weight excluding hydrogens is 344 g/mol. The molecule has 1 fully saturated rings. The first kappa shape index (κ1) is 18.9. The molecule has 1 aliphatic heterocycles. The van der Waals surface area contributed by atoms with Crippen molar-refractivity contribution in [2.75, 3.05) is 26.3 Å². The third-order valence-corrected chi connectivity index (χ3v) is 4.54. The molecule has 1 heterocycles. The second kappa shape index (κ2) is 9.73. The van der Waals surface area contributed by atoms with E-state index in [1.165, 1.54) is 0 Å².